The number of hydrogen-bond donors (Lipinski definition) is 1. The van der Waals surface area contributed by atoms with Gasteiger partial charge in [-0.05, 0) is 29.2 Å². The van der Waals surface area contributed by atoms with Gasteiger partial charge in [0.2, 0.25) is 0 Å². The van der Waals surface area contributed by atoms with Crippen LogP contribution >= 0.6 is 23.3 Å². The van der Waals surface area contributed by atoms with Crippen molar-refractivity contribution in [2.75, 3.05) is 6.61 Å². The standard InChI is InChI=1S/C13H11FN2OS2/c14-12-5-4-11(8-18-13-15-9-16-19-13)10(7-12)3-1-2-6-17/h4-5,7,9,17H,2,6,8H2. The van der Waals surface area contributed by atoms with E-state index in [9.17, 15) is 4.39 Å². The lowest BCUT2D eigenvalue weighted by Crippen LogP contribution is -1.90. The minimum atomic E-state index is -0.307. The van der Waals surface area contributed by atoms with E-state index in [2.05, 4.69) is 21.2 Å². The molecule has 3 nitrogen and oxygen atoms in total. The lowest BCUT2D eigenvalue weighted by molar-refractivity contribution is 0.305. The van der Waals surface area contributed by atoms with Gasteiger partial charge in [0.15, 0.2) is 4.34 Å². The molecule has 0 aliphatic heterocycles. The molecule has 0 saturated carbocycles. The van der Waals surface area contributed by atoms with Crippen LogP contribution in [0.3, 0.4) is 0 Å². The minimum Gasteiger partial charge on any atom is -0.395 e. The van der Waals surface area contributed by atoms with Crippen molar-refractivity contribution in [3.05, 3.63) is 41.5 Å². The Kier molecular flexibility index (Phi) is 5.33. The van der Waals surface area contributed by atoms with Crippen LogP contribution in [0.4, 0.5) is 4.39 Å². The van der Waals surface area contributed by atoms with Crippen molar-refractivity contribution in [2.24, 2.45) is 0 Å². The maximum Gasteiger partial charge on any atom is 0.170 e. The summed E-state index contributed by atoms with van der Waals surface area (Å²) in [5.74, 6) is 6.06. The molecule has 0 atom stereocenters. The Bertz CT molecular complexity index is 590. The number of rotatable bonds is 4. The van der Waals surface area contributed by atoms with Crippen LogP contribution in [-0.4, -0.2) is 21.1 Å². The molecule has 98 valence electrons. The first kappa shape index (κ1) is 14.0. The number of hydrogen-bond acceptors (Lipinski definition) is 5. The van der Waals surface area contributed by atoms with Gasteiger partial charge in [0.25, 0.3) is 0 Å². The summed E-state index contributed by atoms with van der Waals surface area (Å²) < 4.78 is 18.0. The van der Waals surface area contributed by atoms with Gasteiger partial charge in [0.1, 0.15) is 12.1 Å². The molecule has 6 heteroatoms. The molecule has 1 N–H and O–H groups in total. The van der Waals surface area contributed by atoms with Crippen molar-refractivity contribution in [2.45, 2.75) is 16.5 Å². The average Bonchev–Trinajstić information content (AvgIpc) is 2.91. The monoisotopic (exact) mass is 294 g/mol. The zero-order chi connectivity index (χ0) is 13.5. The van der Waals surface area contributed by atoms with Crippen molar-refractivity contribution in [3.63, 3.8) is 0 Å². The quantitative estimate of drug-likeness (QED) is 0.695. The van der Waals surface area contributed by atoms with E-state index in [1.165, 1.54) is 30.0 Å². The van der Waals surface area contributed by atoms with Crippen LogP contribution in [0.25, 0.3) is 0 Å². The molecule has 0 saturated heterocycles. The fourth-order valence-corrected chi connectivity index (χ4v) is 2.82. The van der Waals surface area contributed by atoms with E-state index >= 15 is 0 Å². The Morgan fingerprint density at radius 3 is 3.05 bits per heavy atom. The van der Waals surface area contributed by atoms with Crippen LogP contribution in [0.1, 0.15) is 17.5 Å². The van der Waals surface area contributed by atoms with Gasteiger partial charge in [-0.1, -0.05) is 29.7 Å². The second-order valence-electron chi connectivity index (χ2n) is 3.57. The predicted molar refractivity (Wildman–Crippen MR) is 74.5 cm³/mol. The van der Waals surface area contributed by atoms with E-state index in [0.717, 1.165) is 9.90 Å². The maximum absolute atomic E-state index is 13.2. The largest absolute Gasteiger partial charge is 0.395 e. The van der Waals surface area contributed by atoms with Crippen molar-refractivity contribution in [1.29, 1.82) is 0 Å². The molecule has 2 aromatic rings. The Hall–Kier alpha value is -1.42. The van der Waals surface area contributed by atoms with Crippen LogP contribution < -0.4 is 0 Å². The number of aliphatic hydroxyl groups is 1. The molecule has 0 bridgehead atoms. The van der Waals surface area contributed by atoms with E-state index in [0.29, 0.717) is 17.7 Å². The molecule has 0 spiro atoms. The number of nitrogens with zero attached hydrogens (tertiary/aromatic N) is 2. The summed E-state index contributed by atoms with van der Waals surface area (Å²) >= 11 is 2.88. The molecular weight excluding hydrogens is 283 g/mol. The number of aliphatic hydroxyl groups excluding tert-OH is 1. The van der Waals surface area contributed by atoms with E-state index in [-0.39, 0.29) is 12.4 Å². The summed E-state index contributed by atoms with van der Waals surface area (Å²) in [6, 6.07) is 4.57. The highest BCUT2D eigenvalue weighted by molar-refractivity contribution is 8.00. The van der Waals surface area contributed by atoms with Crippen LogP contribution in [0.5, 0.6) is 0 Å². The van der Waals surface area contributed by atoms with Crippen molar-refractivity contribution >= 4 is 23.3 Å². The fourth-order valence-electron chi connectivity index (χ4n) is 1.37. The van der Waals surface area contributed by atoms with Crippen LogP contribution in [0.15, 0.2) is 28.9 Å². The molecular formula is C13H11FN2OS2. The first-order valence-corrected chi connectivity index (χ1v) is 7.33. The van der Waals surface area contributed by atoms with Gasteiger partial charge >= 0.3 is 0 Å². The van der Waals surface area contributed by atoms with Gasteiger partial charge in [-0.15, -0.1) is 0 Å². The summed E-state index contributed by atoms with van der Waals surface area (Å²) in [7, 11) is 0. The fraction of sp³-hybridized carbons (Fsp3) is 0.231. The third-order valence-corrected chi connectivity index (χ3v) is 4.07. The van der Waals surface area contributed by atoms with E-state index in [1.54, 1.807) is 17.8 Å². The van der Waals surface area contributed by atoms with Crippen LogP contribution in [-0.2, 0) is 5.75 Å². The summed E-state index contributed by atoms with van der Waals surface area (Å²) in [6.45, 7) is 0.0111. The highest BCUT2D eigenvalue weighted by Crippen LogP contribution is 2.25. The first-order valence-electron chi connectivity index (χ1n) is 5.57. The molecule has 0 unspecified atom stereocenters. The molecule has 19 heavy (non-hydrogen) atoms. The first-order chi connectivity index (χ1) is 9.29. The summed E-state index contributed by atoms with van der Waals surface area (Å²) in [6.07, 6.45) is 1.90. The molecule has 1 aromatic carbocycles. The molecule has 1 heterocycles. The van der Waals surface area contributed by atoms with Gasteiger partial charge in [0.05, 0.1) is 6.61 Å². The van der Waals surface area contributed by atoms with Gasteiger partial charge in [-0.25, -0.2) is 9.37 Å². The lowest BCUT2D eigenvalue weighted by Gasteiger charge is -2.03. The van der Waals surface area contributed by atoms with Gasteiger partial charge in [-0.2, -0.15) is 4.37 Å². The van der Waals surface area contributed by atoms with E-state index in [1.807, 2.05) is 0 Å². The zero-order valence-electron chi connectivity index (χ0n) is 9.97. The van der Waals surface area contributed by atoms with Gasteiger partial charge in [-0.3, -0.25) is 0 Å². The van der Waals surface area contributed by atoms with E-state index in [4.69, 9.17) is 5.11 Å². The van der Waals surface area contributed by atoms with Gasteiger partial charge in [0, 0.05) is 17.7 Å². The Morgan fingerprint density at radius 1 is 1.42 bits per heavy atom. The molecule has 0 aliphatic carbocycles. The van der Waals surface area contributed by atoms with Crippen LogP contribution in [0, 0.1) is 17.7 Å². The van der Waals surface area contributed by atoms with Crippen molar-refractivity contribution in [1.82, 2.24) is 9.36 Å². The molecule has 0 amide bonds. The minimum absolute atomic E-state index is 0.0111. The second kappa shape index (κ2) is 7.24. The third-order valence-electron chi connectivity index (χ3n) is 2.22. The molecule has 0 radical (unpaired) electrons. The zero-order valence-corrected chi connectivity index (χ0v) is 11.6. The van der Waals surface area contributed by atoms with E-state index < -0.39 is 0 Å². The van der Waals surface area contributed by atoms with Gasteiger partial charge < -0.3 is 5.11 Å². The topological polar surface area (TPSA) is 46.0 Å². The Morgan fingerprint density at radius 2 is 2.32 bits per heavy atom. The molecule has 0 aliphatic rings. The summed E-state index contributed by atoms with van der Waals surface area (Å²) in [5.41, 5.74) is 1.61. The van der Waals surface area contributed by atoms with Crippen molar-refractivity contribution < 1.29 is 9.50 Å². The average molecular weight is 294 g/mol. The summed E-state index contributed by atoms with van der Waals surface area (Å²) in [4.78, 5) is 4.08. The van der Waals surface area contributed by atoms with Crippen LogP contribution in [0.2, 0.25) is 0 Å². The lowest BCUT2D eigenvalue weighted by atomic mass is 10.1. The molecule has 0 fully saturated rings. The smallest absolute Gasteiger partial charge is 0.170 e. The number of halogens is 1. The second-order valence-corrected chi connectivity index (χ2v) is 5.58. The predicted octanol–water partition coefficient (Wildman–Crippen LogP) is 2.70. The SMILES string of the molecule is OCCC#Cc1cc(F)ccc1CSc1ncns1. The normalized spacial score (nSPS) is 10.0. The number of thioether (sulfide) groups is 1. The number of aromatic nitrogens is 2. The maximum atomic E-state index is 13.2. The molecule has 1 aromatic heterocycles. The van der Waals surface area contributed by atoms with Crippen molar-refractivity contribution in [3.8, 4) is 11.8 Å². The molecule has 2 rings (SSSR count). The highest BCUT2D eigenvalue weighted by Gasteiger charge is 2.05. The summed E-state index contributed by atoms with van der Waals surface area (Å²) in [5, 5.41) is 8.70. The third kappa shape index (κ3) is 4.31. The number of benzene rings is 1. The highest BCUT2D eigenvalue weighted by atomic mass is 32.2. The Balaban J connectivity index is 2.12. The Labute approximate surface area is 119 Å².